The minimum Gasteiger partial charge on any atom is -0.321 e. The minimum atomic E-state index is 0. The summed E-state index contributed by atoms with van der Waals surface area (Å²) in [5.74, 6) is 0.000527. The Kier molecular flexibility index (Phi) is 5.39. The highest BCUT2D eigenvalue weighted by molar-refractivity contribution is 7.12. The van der Waals surface area contributed by atoms with Crippen molar-refractivity contribution in [3.63, 3.8) is 0 Å². The van der Waals surface area contributed by atoms with E-state index in [0.29, 0.717) is 0 Å². The second-order valence-corrected chi connectivity index (χ2v) is 5.91. The van der Waals surface area contributed by atoms with Crippen molar-refractivity contribution < 1.29 is 4.79 Å². The SMILES string of the molecule is CCc1ccsc1C(=O)Nc1ccc2c(c1)CNCC2.Cl. The number of aryl methyl sites for hydroxylation is 1. The fourth-order valence-electron chi connectivity index (χ4n) is 2.56. The maximum atomic E-state index is 12.3. The van der Waals surface area contributed by atoms with Crippen molar-refractivity contribution in [2.24, 2.45) is 0 Å². The van der Waals surface area contributed by atoms with Crippen LogP contribution in [0.25, 0.3) is 0 Å². The fraction of sp³-hybridized carbons (Fsp3) is 0.312. The molecule has 0 fully saturated rings. The van der Waals surface area contributed by atoms with E-state index >= 15 is 0 Å². The molecule has 0 unspecified atom stereocenters. The number of halogens is 1. The van der Waals surface area contributed by atoms with Crippen molar-refractivity contribution in [3.8, 4) is 0 Å². The van der Waals surface area contributed by atoms with E-state index in [1.807, 2.05) is 17.5 Å². The van der Waals surface area contributed by atoms with Crippen LogP contribution in [0.2, 0.25) is 0 Å². The van der Waals surface area contributed by atoms with Gasteiger partial charge in [-0.3, -0.25) is 4.79 Å². The predicted octanol–water partition coefficient (Wildman–Crippen LogP) is 3.63. The molecule has 3 nitrogen and oxygen atoms in total. The molecule has 1 amide bonds. The number of amides is 1. The molecule has 1 aromatic carbocycles. The predicted molar refractivity (Wildman–Crippen MR) is 90.8 cm³/mol. The molecule has 5 heteroatoms. The molecule has 0 saturated heterocycles. The number of carbonyl (C=O) groups excluding carboxylic acids is 1. The van der Waals surface area contributed by atoms with Gasteiger partial charge in [-0.25, -0.2) is 0 Å². The van der Waals surface area contributed by atoms with Crippen LogP contribution in [0, 0.1) is 0 Å². The molecular formula is C16H19ClN2OS. The van der Waals surface area contributed by atoms with Crippen molar-refractivity contribution in [1.82, 2.24) is 5.32 Å². The zero-order chi connectivity index (χ0) is 13.9. The van der Waals surface area contributed by atoms with Gasteiger partial charge in [0.05, 0.1) is 4.88 Å². The summed E-state index contributed by atoms with van der Waals surface area (Å²) in [4.78, 5) is 13.1. The highest BCUT2D eigenvalue weighted by atomic mass is 35.5. The van der Waals surface area contributed by atoms with Crippen LogP contribution >= 0.6 is 23.7 Å². The van der Waals surface area contributed by atoms with Gasteiger partial charge in [-0.05, 0) is 59.7 Å². The monoisotopic (exact) mass is 322 g/mol. The molecule has 1 aromatic heterocycles. The summed E-state index contributed by atoms with van der Waals surface area (Å²) < 4.78 is 0. The van der Waals surface area contributed by atoms with E-state index in [0.717, 1.165) is 42.1 Å². The van der Waals surface area contributed by atoms with Crippen LogP contribution in [0.15, 0.2) is 29.6 Å². The summed E-state index contributed by atoms with van der Waals surface area (Å²) in [5, 5.41) is 8.35. The van der Waals surface area contributed by atoms with Gasteiger partial charge in [0.25, 0.3) is 5.91 Å². The summed E-state index contributed by atoms with van der Waals surface area (Å²) in [6.07, 6.45) is 1.95. The molecule has 2 aromatic rings. The Bertz CT molecular complexity index is 639. The molecule has 0 spiro atoms. The zero-order valence-corrected chi connectivity index (χ0v) is 13.6. The normalized spacial score (nSPS) is 13.2. The maximum absolute atomic E-state index is 12.3. The van der Waals surface area contributed by atoms with Crippen LogP contribution in [0.5, 0.6) is 0 Å². The third-order valence-corrected chi connectivity index (χ3v) is 4.64. The van der Waals surface area contributed by atoms with E-state index in [1.165, 1.54) is 22.5 Å². The standard InChI is InChI=1S/C16H18N2OS.ClH/c1-2-11-6-8-20-15(11)16(19)18-14-4-3-12-5-7-17-10-13(12)9-14;/h3-4,6,8-9,17H,2,5,7,10H2,1H3,(H,18,19);1H. The molecule has 2 N–H and O–H groups in total. The lowest BCUT2D eigenvalue weighted by atomic mass is 10.0. The molecule has 1 aliphatic heterocycles. The molecule has 0 radical (unpaired) electrons. The Hall–Kier alpha value is -1.36. The number of carbonyl (C=O) groups is 1. The van der Waals surface area contributed by atoms with Gasteiger partial charge in [-0.2, -0.15) is 0 Å². The molecule has 0 aliphatic carbocycles. The number of thiophene rings is 1. The fourth-order valence-corrected chi connectivity index (χ4v) is 3.45. The van der Waals surface area contributed by atoms with Crippen molar-refractivity contribution in [2.75, 3.05) is 11.9 Å². The first kappa shape index (κ1) is 16.0. The Morgan fingerprint density at radius 2 is 2.19 bits per heavy atom. The average Bonchev–Trinajstić information content (AvgIpc) is 2.95. The van der Waals surface area contributed by atoms with Crippen LogP contribution in [-0.2, 0) is 19.4 Å². The second-order valence-electron chi connectivity index (χ2n) is 4.99. The van der Waals surface area contributed by atoms with Crippen LogP contribution in [0.4, 0.5) is 5.69 Å². The molecule has 3 rings (SSSR count). The van der Waals surface area contributed by atoms with Crippen molar-refractivity contribution in [2.45, 2.75) is 26.3 Å². The maximum Gasteiger partial charge on any atom is 0.266 e. The number of rotatable bonds is 3. The van der Waals surface area contributed by atoms with Crippen LogP contribution < -0.4 is 10.6 Å². The Morgan fingerprint density at radius 1 is 1.33 bits per heavy atom. The van der Waals surface area contributed by atoms with E-state index in [-0.39, 0.29) is 18.3 Å². The largest absolute Gasteiger partial charge is 0.321 e. The molecule has 0 saturated carbocycles. The van der Waals surface area contributed by atoms with Gasteiger partial charge in [-0.1, -0.05) is 13.0 Å². The molecule has 2 heterocycles. The van der Waals surface area contributed by atoms with Gasteiger partial charge >= 0.3 is 0 Å². The smallest absolute Gasteiger partial charge is 0.266 e. The number of fused-ring (bicyclic) bond motifs is 1. The molecular weight excluding hydrogens is 304 g/mol. The summed E-state index contributed by atoms with van der Waals surface area (Å²) in [5.41, 5.74) is 4.67. The first-order valence-corrected chi connectivity index (χ1v) is 7.86. The quantitative estimate of drug-likeness (QED) is 0.906. The van der Waals surface area contributed by atoms with E-state index in [2.05, 4.69) is 29.7 Å². The number of hydrogen-bond donors (Lipinski definition) is 2. The van der Waals surface area contributed by atoms with Crippen molar-refractivity contribution >= 4 is 35.3 Å². The number of anilines is 1. The topological polar surface area (TPSA) is 41.1 Å². The van der Waals surface area contributed by atoms with Crippen molar-refractivity contribution in [3.05, 3.63) is 51.2 Å². The molecule has 0 bridgehead atoms. The molecule has 0 atom stereocenters. The number of nitrogens with one attached hydrogen (secondary N) is 2. The third kappa shape index (κ3) is 3.46. The van der Waals surface area contributed by atoms with Gasteiger partial charge < -0.3 is 10.6 Å². The van der Waals surface area contributed by atoms with Gasteiger partial charge in [0, 0.05) is 12.2 Å². The highest BCUT2D eigenvalue weighted by Gasteiger charge is 2.14. The van der Waals surface area contributed by atoms with Crippen molar-refractivity contribution in [1.29, 1.82) is 0 Å². The van der Waals surface area contributed by atoms with E-state index < -0.39 is 0 Å². The lowest BCUT2D eigenvalue weighted by Gasteiger charge is -2.18. The van der Waals surface area contributed by atoms with Gasteiger partial charge in [0.2, 0.25) is 0 Å². The molecule has 21 heavy (non-hydrogen) atoms. The Balaban J connectivity index is 0.00000161. The van der Waals surface area contributed by atoms with Gasteiger partial charge in [0.1, 0.15) is 0 Å². The molecule has 1 aliphatic rings. The minimum absolute atomic E-state index is 0. The van der Waals surface area contributed by atoms with E-state index in [4.69, 9.17) is 0 Å². The Morgan fingerprint density at radius 3 is 3.00 bits per heavy atom. The van der Waals surface area contributed by atoms with Gasteiger partial charge in [0.15, 0.2) is 0 Å². The van der Waals surface area contributed by atoms with E-state index in [1.54, 1.807) is 0 Å². The Labute approximate surface area is 135 Å². The number of benzene rings is 1. The highest BCUT2D eigenvalue weighted by Crippen LogP contribution is 2.22. The zero-order valence-electron chi connectivity index (χ0n) is 11.9. The first-order chi connectivity index (χ1) is 9.78. The molecule has 112 valence electrons. The summed E-state index contributed by atoms with van der Waals surface area (Å²) >= 11 is 1.51. The van der Waals surface area contributed by atoms with Crippen LogP contribution in [0.1, 0.15) is 33.3 Å². The van der Waals surface area contributed by atoms with Crippen LogP contribution in [0.3, 0.4) is 0 Å². The third-order valence-electron chi connectivity index (χ3n) is 3.68. The van der Waals surface area contributed by atoms with Gasteiger partial charge in [-0.15, -0.1) is 23.7 Å². The average molecular weight is 323 g/mol. The second kappa shape index (κ2) is 7.07. The van der Waals surface area contributed by atoms with Crippen LogP contribution in [-0.4, -0.2) is 12.5 Å². The first-order valence-electron chi connectivity index (χ1n) is 6.98. The summed E-state index contributed by atoms with van der Waals surface area (Å²) in [7, 11) is 0. The summed E-state index contributed by atoms with van der Waals surface area (Å²) in [6, 6.07) is 8.23. The summed E-state index contributed by atoms with van der Waals surface area (Å²) in [6.45, 7) is 4.00. The lowest BCUT2D eigenvalue weighted by Crippen LogP contribution is -2.23. The lowest BCUT2D eigenvalue weighted by molar-refractivity contribution is 0.103. The number of hydrogen-bond acceptors (Lipinski definition) is 3. The van der Waals surface area contributed by atoms with E-state index in [9.17, 15) is 4.79 Å².